The molecule has 0 aromatic heterocycles. The minimum atomic E-state index is -0.451. The fourth-order valence-corrected chi connectivity index (χ4v) is 1.55. The highest BCUT2D eigenvalue weighted by atomic mass is 16.6. The van der Waals surface area contributed by atoms with Crippen molar-refractivity contribution in [3.8, 4) is 0 Å². The number of carbonyl (C=O) groups excluding carboxylic acids is 1. The second kappa shape index (κ2) is 5.39. The molecule has 0 unspecified atom stereocenters. The number of non-ortho nitro benzene ring substituents is 1. The Morgan fingerprint density at radius 2 is 2.12 bits per heavy atom. The van der Waals surface area contributed by atoms with Gasteiger partial charge in [-0.25, -0.2) is 0 Å². The van der Waals surface area contributed by atoms with Gasteiger partial charge in [-0.05, 0) is 25.0 Å². The Balaban J connectivity index is 2.90. The molecule has 0 aliphatic rings. The van der Waals surface area contributed by atoms with Crippen molar-refractivity contribution in [2.45, 2.75) is 33.1 Å². The van der Waals surface area contributed by atoms with Crippen LogP contribution in [0.5, 0.6) is 0 Å². The average Bonchev–Trinajstić information content (AvgIpc) is 2.25. The molecule has 1 aromatic carbocycles. The molecule has 4 heteroatoms. The number of hydrogen-bond donors (Lipinski definition) is 0. The van der Waals surface area contributed by atoms with Crippen molar-refractivity contribution in [1.82, 2.24) is 0 Å². The number of aryl methyl sites for hydroxylation is 1. The third-order valence-corrected chi connectivity index (χ3v) is 2.48. The van der Waals surface area contributed by atoms with Gasteiger partial charge in [0.15, 0.2) is 5.78 Å². The number of carbonyl (C=O) groups is 1. The molecule has 0 saturated heterocycles. The van der Waals surface area contributed by atoms with Gasteiger partial charge < -0.3 is 0 Å². The van der Waals surface area contributed by atoms with Gasteiger partial charge in [-0.2, -0.15) is 0 Å². The number of Topliss-reactive ketones (excluding diaryl/α,β-unsaturated/α-hetero) is 1. The Morgan fingerprint density at radius 3 is 2.62 bits per heavy atom. The molecule has 0 aliphatic carbocycles. The van der Waals surface area contributed by atoms with Gasteiger partial charge in [0.2, 0.25) is 0 Å². The summed E-state index contributed by atoms with van der Waals surface area (Å²) in [6.45, 7) is 3.75. The number of ketones is 1. The number of nitrogens with zero attached hydrogens (tertiary/aromatic N) is 1. The maximum atomic E-state index is 11.7. The van der Waals surface area contributed by atoms with E-state index in [1.54, 1.807) is 13.0 Å². The molecule has 4 nitrogen and oxygen atoms in total. The Kier molecular flexibility index (Phi) is 4.17. The van der Waals surface area contributed by atoms with Crippen LogP contribution >= 0.6 is 0 Å². The monoisotopic (exact) mass is 221 g/mol. The van der Waals surface area contributed by atoms with E-state index >= 15 is 0 Å². The zero-order valence-electron chi connectivity index (χ0n) is 9.53. The second-order valence-corrected chi connectivity index (χ2v) is 3.78. The van der Waals surface area contributed by atoms with Gasteiger partial charge in [0, 0.05) is 24.1 Å². The molecule has 0 spiro atoms. The van der Waals surface area contributed by atoms with Gasteiger partial charge in [0.1, 0.15) is 0 Å². The van der Waals surface area contributed by atoms with E-state index in [9.17, 15) is 14.9 Å². The zero-order chi connectivity index (χ0) is 12.1. The molecule has 0 amide bonds. The first kappa shape index (κ1) is 12.4. The summed E-state index contributed by atoms with van der Waals surface area (Å²) >= 11 is 0. The predicted molar refractivity (Wildman–Crippen MR) is 61.7 cm³/mol. The Labute approximate surface area is 94.4 Å². The lowest BCUT2D eigenvalue weighted by atomic mass is 10.0. The molecular weight excluding hydrogens is 206 g/mol. The summed E-state index contributed by atoms with van der Waals surface area (Å²) in [6, 6.07) is 4.37. The highest BCUT2D eigenvalue weighted by Gasteiger charge is 2.12. The van der Waals surface area contributed by atoms with E-state index in [4.69, 9.17) is 0 Å². The highest BCUT2D eigenvalue weighted by molar-refractivity contribution is 5.97. The summed E-state index contributed by atoms with van der Waals surface area (Å²) in [7, 11) is 0. The second-order valence-electron chi connectivity index (χ2n) is 3.78. The van der Waals surface area contributed by atoms with Crippen LogP contribution in [0.4, 0.5) is 5.69 Å². The topological polar surface area (TPSA) is 60.2 Å². The Hall–Kier alpha value is -1.71. The van der Waals surface area contributed by atoms with E-state index in [2.05, 4.69) is 0 Å². The molecular formula is C12H15NO3. The van der Waals surface area contributed by atoms with E-state index in [0.717, 1.165) is 12.8 Å². The molecule has 1 aromatic rings. The predicted octanol–water partition coefficient (Wildman–Crippen LogP) is 3.28. The maximum absolute atomic E-state index is 11.7. The third-order valence-electron chi connectivity index (χ3n) is 2.48. The molecule has 0 saturated carbocycles. The number of hydrogen-bond acceptors (Lipinski definition) is 3. The molecule has 0 aliphatic heterocycles. The van der Waals surface area contributed by atoms with Crippen LogP contribution in [0.15, 0.2) is 18.2 Å². The van der Waals surface area contributed by atoms with Crippen molar-refractivity contribution in [1.29, 1.82) is 0 Å². The van der Waals surface area contributed by atoms with E-state index in [1.165, 1.54) is 12.1 Å². The molecule has 0 N–H and O–H groups in total. The lowest BCUT2D eigenvalue weighted by Crippen LogP contribution is -2.02. The van der Waals surface area contributed by atoms with Crippen LogP contribution in [0.3, 0.4) is 0 Å². The first-order chi connectivity index (χ1) is 7.56. The van der Waals surface area contributed by atoms with Crippen LogP contribution < -0.4 is 0 Å². The Morgan fingerprint density at radius 1 is 1.44 bits per heavy atom. The summed E-state index contributed by atoms with van der Waals surface area (Å²) in [4.78, 5) is 21.8. The van der Waals surface area contributed by atoms with Crippen LogP contribution in [0.25, 0.3) is 0 Å². The summed E-state index contributed by atoms with van der Waals surface area (Å²) < 4.78 is 0. The SMILES string of the molecule is CCCCC(=O)c1ccc([N+](=O)[O-])cc1C. The quantitative estimate of drug-likeness (QED) is 0.435. The number of rotatable bonds is 5. The minimum Gasteiger partial charge on any atom is -0.294 e. The van der Waals surface area contributed by atoms with Gasteiger partial charge >= 0.3 is 0 Å². The highest BCUT2D eigenvalue weighted by Crippen LogP contribution is 2.19. The van der Waals surface area contributed by atoms with E-state index in [0.29, 0.717) is 17.5 Å². The zero-order valence-corrected chi connectivity index (χ0v) is 9.53. The van der Waals surface area contributed by atoms with Crippen LogP contribution in [0.2, 0.25) is 0 Å². The van der Waals surface area contributed by atoms with Gasteiger partial charge in [0.25, 0.3) is 5.69 Å². The van der Waals surface area contributed by atoms with Crippen molar-refractivity contribution in [3.05, 3.63) is 39.4 Å². The van der Waals surface area contributed by atoms with Gasteiger partial charge in [-0.15, -0.1) is 0 Å². The molecule has 0 heterocycles. The van der Waals surface area contributed by atoms with Crippen LogP contribution in [0, 0.1) is 17.0 Å². The van der Waals surface area contributed by atoms with E-state index in [-0.39, 0.29) is 11.5 Å². The summed E-state index contributed by atoms with van der Waals surface area (Å²) in [5.74, 6) is 0.0641. The lowest BCUT2D eigenvalue weighted by Gasteiger charge is -2.03. The van der Waals surface area contributed by atoms with Gasteiger partial charge in [0.05, 0.1) is 4.92 Å². The largest absolute Gasteiger partial charge is 0.294 e. The fourth-order valence-electron chi connectivity index (χ4n) is 1.55. The van der Waals surface area contributed by atoms with E-state index in [1.807, 2.05) is 6.92 Å². The van der Waals surface area contributed by atoms with Crippen LogP contribution in [-0.2, 0) is 0 Å². The molecule has 0 atom stereocenters. The van der Waals surface area contributed by atoms with E-state index < -0.39 is 4.92 Å². The number of nitro benzene ring substituents is 1. The molecule has 16 heavy (non-hydrogen) atoms. The van der Waals surface area contributed by atoms with Crippen LogP contribution in [0.1, 0.15) is 42.1 Å². The number of unbranched alkanes of at least 4 members (excludes halogenated alkanes) is 1. The molecule has 0 bridgehead atoms. The van der Waals surface area contributed by atoms with Gasteiger partial charge in [-0.3, -0.25) is 14.9 Å². The first-order valence-electron chi connectivity index (χ1n) is 5.34. The summed E-state index contributed by atoms with van der Waals surface area (Å²) in [5.41, 5.74) is 1.30. The fraction of sp³-hybridized carbons (Fsp3) is 0.417. The Bertz CT molecular complexity index is 413. The molecule has 0 fully saturated rings. The normalized spacial score (nSPS) is 10.1. The van der Waals surface area contributed by atoms with Crippen molar-refractivity contribution < 1.29 is 9.72 Å². The minimum absolute atomic E-state index is 0.0320. The standard InChI is InChI=1S/C12H15NO3/c1-3-4-5-12(14)11-7-6-10(13(15)16)8-9(11)2/h6-8H,3-5H2,1-2H3. The number of nitro groups is 1. The smallest absolute Gasteiger partial charge is 0.269 e. The van der Waals surface area contributed by atoms with Crippen molar-refractivity contribution >= 4 is 11.5 Å². The molecule has 1 rings (SSSR count). The van der Waals surface area contributed by atoms with Gasteiger partial charge in [-0.1, -0.05) is 13.3 Å². The first-order valence-corrected chi connectivity index (χ1v) is 5.34. The third kappa shape index (κ3) is 2.89. The van der Waals surface area contributed by atoms with Crippen molar-refractivity contribution in [3.63, 3.8) is 0 Å². The summed E-state index contributed by atoms with van der Waals surface area (Å²) in [6.07, 6.45) is 2.34. The summed E-state index contributed by atoms with van der Waals surface area (Å²) in [5, 5.41) is 10.5. The molecule has 86 valence electrons. The number of benzene rings is 1. The molecule has 0 radical (unpaired) electrons. The van der Waals surface area contributed by atoms with Crippen molar-refractivity contribution in [2.75, 3.05) is 0 Å². The lowest BCUT2D eigenvalue weighted by molar-refractivity contribution is -0.384. The van der Waals surface area contributed by atoms with Crippen LogP contribution in [-0.4, -0.2) is 10.7 Å². The average molecular weight is 221 g/mol. The van der Waals surface area contributed by atoms with Crippen molar-refractivity contribution in [2.24, 2.45) is 0 Å². The maximum Gasteiger partial charge on any atom is 0.269 e.